The van der Waals surface area contributed by atoms with Gasteiger partial charge in [0.25, 0.3) is 0 Å². The standard InChI is InChI=1S/C13H20BrNO/c1-4-11(9-16-3)15-10(2)12-7-5-6-8-13(12)14/h5-8,10-11,15H,4,9H2,1-3H3. The van der Waals surface area contributed by atoms with Crippen molar-refractivity contribution in [3.05, 3.63) is 34.3 Å². The second-order valence-corrected chi connectivity index (χ2v) is 4.82. The van der Waals surface area contributed by atoms with Crippen LogP contribution in [0.2, 0.25) is 0 Å². The molecule has 1 rings (SSSR count). The molecule has 1 aromatic rings. The van der Waals surface area contributed by atoms with Crippen molar-refractivity contribution in [1.82, 2.24) is 5.32 Å². The normalized spacial score (nSPS) is 14.8. The van der Waals surface area contributed by atoms with E-state index in [1.807, 2.05) is 6.07 Å². The van der Waals surface area contributed by atoms with Gasteiger partial charge in [-0.2, -0.15) is 0 Å². The van der Waals surface area contributed by atoms with Gasteiger partial charge in [0.15, 0.2) is 0 Å². The number of rotatable bonds is 6. The number of benzene rings is 1. The molecule has 16 heavy (non-hydrogen) atoms. The second-order valence-electron chi connectivity index (χ2n) is 3.97. The lowest BCUT2D eigenvalue weighted by Crippen LogP contribution is -2.34. The van der Waals surface area contributed by atoms with Gasteiger partial charge in [-0.15, -0.1) is 0 Å². The third-order valence-corrected chi connectivity index (χ3v) is 3.44. The molecule has 0 fully saturated rings. The molecule has 2 unspecified atom stereocenters. The van der Waals surface area contributed by atoms with Gasteiger partial charge >= 0.3 is 0 Å². The van der Waals surface area contributed by atoms with Gasteiger partial charge in [0.2, 0.25) is 0 Å². The molecule has 0 saturated carbocycles. The summed E-state index contributed by atoms with van der Waals surface area (Å²) in [6.07, 6.45) is 1.07. The number of ether oxygens (including phenoxy) is 1. The first-order chi connectivity index (χ1) is 7.69. The van der Waals surface area contributed by atoms with Gasteiger partial charge in [0, 0.05) is 23.7 Å². The minimum Gasteiger partial charge on any atom is -0.383 e. The number of hydrogen-bond donors (Lipinski definition) is 1. The molecular weight excluding hydrogens is 266 g/mol. The summed E-state index contributed by atoms with van der Waals surface area (Å²) in [7, 11) is 1.74. The van der Waals surface area contributed by atoms with Crippen LogP contribution in [-0.2, 0) is 4.74 Å². The average Bonchev–Trinajstić information content (AvgIpc) is 2.28. The monoisotopic (exact) mass is 285 g/mol. The Labute approximate surface area is 107 Å². The van der Waals surface area contributed by atoms with Gasteiger partial charge in [-0.05, 0) is 25.0 Å². The first-order valence-corrected chi connectivity index (χ1v) is 6.47. The first-order valence-electron chi connectivity index (χ1n) is 5.68. The van der Waals surface area contributed by atoms with Crippen molar-refractivity contribution >= 4 is 15.9 Å². The molecule has 0 aliphatic rings. The van der Waals surface area contributed by atoms with Gasteiger partial charge in [-0.3, -0.25) is 0 Å². The fourth-order valence-electron chi connectivity index (χ4n) is 1.75. The van der Waals surface area contributed by atoms with Crippen LogP contribution in [0, 0.1) is 0 Å². The molecule has 0 aliphatic heterocycles. The number of hydrogen-bond acceptors (Lipinski definition) is 2. The minimum atomic E-state index is 0.329. The maximum absolute atomic E-state index is 5.19. The van der Waals surface area contributed by atoms with E-state index in [9.17, 15) is 0 Å². The second kappa shape index (κ2) is 7.05. The zero-order valence-corrected chi connectivity index (χ0v) is 11.8. The third kappa shape index (κ3) is 3.89. The molecular formula is C13H20BrNO. The van der Waals surface area contributed by atoms with Crippen LogP contribution in [0.5, 0.6) is 0 Å². The number of nitrogens with one attached hydrogen (secondary N) is 1. The van der Waals surface area contributed by atoms with Gasteiger partial charge in [0.05, 0.1) is 6.61 Å². The molecule has 0 aromatic heterocycles. The van der Waals surface area contributed by atoms with Crippen molar-refractivity contribution in [2.24, 2.45) is 0 Å². The summed E-state index contributed by atoms with van der Waals surface area (Å²) in [6, 6.07) is 9.05. The molecule has 0 spiro atoms. The molecule has 0 amide bonds. The Kier molecular flexibility index (Phi) is 6.03. The van der Waals surface area contributed by atoms with E-state index in [-0.39, 0.29) is 0 Å². The van der Waals surface area contributed by atoms with Crippen LogP contribution < -0.4 is 5.32 Å². The molecule has 1 aromatic carbocycles. The van der Waals surface area contributed by atoms with Crippen LogP contribution in [0.15, 0.2) is 28.7 Å². The van der Waals surface area contributed by atoms with Gasteiger partial charge < -0.3 is 10.1 Å². The summed E-state index contributed by atoms with van der Waals surface area (Å²) in [5.41, 5.74) is 1.29. The van der Waals surface area contributed by atoms with E-state index in [1.165, 1.54) is 5.56 Å². The van der Waals surface area contributed by atoms with Crippen molar-refractivity contribution in [1.29, 1.82) is 0 Å². The van der Waals surface area contributed by atoms with E-state index in [2.05, 4.69) is 53.3 Å². The summed E-state index contributed by atoms with van der Waals surface area (Å²) in [6.45, 7) is 5.10. The Morgan fingerprint density at radius 1 is 1.38 bits per heavy atom. The van der Waals surface area contributed by atoms with Crippen LogP contribution in [0.3, 0.4) is 0 Å². The minimum absolute atomic E-state index is 0.329. The van der Waals surface area contributed by atoms with E-state index < -0.39 is 0 Å². The lowest BCUT2D eigenvalue weighted by atomic mass is 10.1. The summed E-state index contributed by atoms with van der Waals surface area (Å²) >= 11 is 3.58. The molecule has 0 radical (unpaired) electrons. The maximum Gasteiger partial charge on any atom is 0.0615 e. The highest BCUT2D eigenvalue weighted by molar-refractivity contribution is 9.10. The topological polar surface area (TPSA) is 21.3 Å². The highest BCUT2D eigenvalue weighted by Crippen LogP contribution is 2.23. The molecule has 0 aliphatic carbocycles. The Hall–Kier alpha value is -0.380. The largest absolute Gasteiger partial charge is 0.383 e. The quantitative estimate of drug-likeness (QED) is 0.864. The Bertz CT molecular complexity index is 317. The lowest BCUT2D eigenvalue weighted by Gasteiger charge is -2.22. The summed E-state index contributed by atoms with van der Waals surface area (Å²) < 4.78 is 6.34. The van der Waals surface area contributed by atoms with Crippen LogP contribution in [-0.4, -0.2) is 19.8 Å². The lowest BCUT2D eigenvalue weighted by molar-refractivity contribution is 0.159. The highest BCUT2D eigenvalue weighted by atomic mass is 79.9. The molecule has 0 heterocycles. The summed E-state index contributed by atoms with van der Waals surface area (Å²) in [5.74, 6) is 0. The molecule has 3 heteroatoms. The highest BCUT2D eigenvalue weighted by Gasteiger charge is 2.13. The molecule has 2 nitrogen and oxygen atoms in total. The van der Waals surface area contributed by atoms with Gasteiger partial charge in [-0.25, -0.2) is 0 Å². The third-order valence-electron chi connectivity index (χ3n) is 2.72. The fourth-order valence-corrected chi connectivity index (χ4v) is 2.38. The summed E-state index contributed by atoms with van der Waals surface area (Å²) in [5, 5.41) is 3.57. The van der Waals surface area contributed by atoms with Crippen molar-refractivity contribution < 1.29 is 4.74 Å². The molecule has 2 atom stereocenters. The predicted molar refractivity (Wildman–Crippen MR) is 71.6 cm³/mol. The maximum atomic E-state index is 5.19. The molecule has 1 N–H and O–H groups in total. The fraction of sp³-hybridized carbons (Fsp3) is 0.538. The molecule has 90 valence electrons. The van der Waals surface area contributed by atoms with E-state index >= 15 is 0 Å². The number of methoxy groups -OCH3 is 1. The Morgan fingerprint density at radius 2 is 2.06 bits per heavy atom. The van der Waals surface area contributed by atoms with Crippen LogP contribution in [0.4, 0.5) is 0 Å². The van der Waals surface area contributed by atoms with Crippen molar-refractivity contribution in [2.45, 2.75) is 32.4 Å². The van der Waals surface area contributed by atoms with Gasteiger partial charge in [0.1, 0.15) is 0 Å². The predicted octanol–water partition coefficient (Wildman–Crippen LogP) is 3.52. The molecule has 0 bridgehead atoms. The first kappa shape index (κ1) is 13.7. The van der Waals surface area contributed by atoms with E-state index in [1.54, 1.807) is 7.11 Å². The average molecular weight is 286 g/mol. The smallest absolute Gasteiger partial charge is 0.0615 e. The van der Waals surface area contributed by atoms with Crippen molar-refractivity contribution in [2.75, 3.05) is 13.7 Å². The zero-order chi connectivity index (χ0) is 12.0. The van der Waals surface area contributed by atoms with Crippen LogP contribution in [0.25, 0.3) is 0 Å². The van der Waals surface area contributed by atoms with E-state index in [4.69, 9.17) is 4.74 Å². The van der Waals surface area contributed by atoms with Gasteiger partial charge in [-0.1, -0.05) is 41.1 Å². The summed E-state index contributed by atoms with van der Waals surface area (Å²) in [4.78, 5) is 0. The van der Waals surface area contributed by atoms with Crippen LogP contribution >= 0.6 is 15.9 Å². The van der Waals surface area contributed by atoms with E-state index in [0.29, 0.717) is 12.1 Å². The SMILES string of the molecule is CCC(COC)NC(C)c1ccccc1Br. The van der Waals surface area contributed by atoms with Crippen molar-refractivity contribution in [3.8, 4) is 0 Å². The van der Waals surface area contributed by atoms with E-state index in [0.717, 1.165) is 17.5 Å². The van der Waals surface area contributed by atoms with Crippen molar-refractivity contribution in [3.63, 3.8) is 0 Å². The van der Waals surface area contributed by atoms with Crippen LogP contribution in [0.1, 0.15) is 31.9 Å². The molecule has 0 saturated heterocycles. The zero-order valence-electron chi connectivity index (χ0n) is 10.2. The Balaban J connectivity index is 2.64. The Morgan fingerprint density at radius 3 is 2.62 bits per heavy atom. The number of halogens is 1.